The van der Waals surface area contributed by atoms with E-state index in [9.17, 15) is 13.2 Å². The van der Waals surface area contributed by atoms with Gasteiger partial charge in [0.1, 0.15) is 4.90 Å². The second-order valence-electron chi connectivity index (χ2n) is 5.30. The van der Waals surface area contributed by atoms with Crippen LogP contribution in [0.5, 0.6) is 0 Å². The van der Waals surface area contributed by atoms with Crippen molar-refractivity contribution in [2.75, 3.05) is 21.1 Å². The van der Waals surface area contributed by atoms with E-state index < -0.39 is 10.0 Å². The van der Waals surface area contributed by atoms with E-state index in [1.807, 2.05) is 6.07 Å². The van der Waals surface area contributed by atoms with Gasteiger partial charge < -0.3 is 4.90 Å². The average molecular weight is 407 g/mol. The molecule has 0 spiro atoms. The summed E-state index contributed by atoms with van der Waals surface area (Å²) in [4.78, 5) is 14.9. The lowest BCUT2D eigenvalue weighted by Gasteiger charge is -2.18. The summed E-state index contributed by atoms with van der Waals surface area (Å²) in [5.74, 6) is -0.300. The maximum absolute atomic E-state index is 12.6. The summed E-state index contributed by atoms with van der Waals surface area (Å²) < 4.78 is 26.3. The van der Waals surface area contributed by atoms with Crippen LogP contribution < -0.4 is 0 Å². The van der Waals surface area contributed by atoms with Crippen LogP contribution in [0.25, 0.3) is 0 Å². The summed E-state index contributed by atoms with van der Waals surface area (Å²) in [5.41, 5.74) is 0.255. The number of thiophene rings is 1. The Kier molecular flexibility index (Phi) is 5.93. The van der Waals surface area contributed by atoms with Gasteiger partial charge in [-0.1, -0.05) is 23.2 Å². The van der Waals surface area contributed by atoms with Crippen molar-refractivity contribution in [3.05, 3.63) is 50.1 Å². The molecule has 0 saturated carbocycles. The van der Waals surface area contributed by atoms with Gasteiger partial charge in [0.05, 0.1) is 15.9 Å². The second-order valence-corrected chi connectivity index (χ2v) is 9.63. The Morgan fingerprint density at radius 1 is 1.12 bits per heavy atom. The first-order chi connectivity index (χ1) is 11.1. The fraction of sp³-hybridized carbons (Fsp3) is 0.267. The van der Waals surface area contributed by atoms with E-state index in [2.05, 4.69) is 0 Å². The summed E-state index contributed by atoms with van der Waals surface area (Å²) in [7, 11) is 0.733. The highest BCUT2D eigenvalue weighted by molar-refractivity contribution is 7.89. The van der Waals surface area contributed by atoms with Gasteiger partial charge >= 0.3 is 0 Å². The highest BCUT2D eigenvalue weighted by Gasteiger charge is 2.23. The van der Waals surface area contributed by atoms with E-state index in [0.717, 1.165) is 9.18 Å². The summed E-state index contributed by atoms with van der Waals surface area (Å²) in [5, 5.41) is 0.0768. The predicted octanol–water partition coefficient (Wildman–Crippen LogP) is 3.58. The lowest BCUT2D eigenvalue weighted by atomic mass is 10.2. The van der Waals surface area contributed by atoms with E-state index in [4.69, 9.17) is 23.2 Å². The largest absolute Gasteiger partial charge is 0.337 e. The number of hydrogen-bond donors (Lipinski definition) is 0. The van der Waals surface area contributed by atoms with Crippen molar-refractivity contribution in [1.29, 1.82) is 0 Å². The maximum atomic E-state index is 12.6. The van der Waals surface area contributed by atoms with Crippen LogP contribution in [-0.2, 0) is 16.6 Å². The molecule has 9 heteroatoms. The normalized spacial score (nSPS) is 11.8. The van der Waals surface area contributed by atoms with Gasteiger partial charge in [-0.3, -0.25) is 4.79 Å². The maximum Gasteiger partial charge on any atom is 0.253 e. The molecule has 0 aliphatic carbocycles. The third-order valence-corrected chi connectivity index (χ3v) is 6.82. The summed E-state index contributed by atoms with van der Waals surface area (Å²) >= 11 is 13.3. The number of rotatable bonds is 5. The number of hydrogen-bond acceptors (Lipinski definition) is 4. The minimum atomic E-state index is -3.73. The Morgan fingerprint density at radius 2 is 1.79 bits per heavy atom. The van der Waals surface area contributed by atoms with E-state index in [-0.39, 0.29) is 21.4 Å². The molecule has 0 bridgehead atoms. The molecule has 2 rings (SSSR count). The lowest BCUT2D eigenvalue weighted by molar-refractivity contribution is 0.0786. The zero-order valence-electron chi connectivity index (χ0n) is 13.3. The van der Waals surface area contributed by atoms with E-state index in [1.165, 1.54) is 48.5 Å². The van der Waals surface area contributed by atoms with Crippen molar-refractivity contribution in [2.45, 2.75) is 11.4 Å². The van der Waals surface area contributed by atoms with Gasteiger partial charge in [0.2, 0.25) is 10.0 Å². The number of sulfonamides is 1. The molecule has 1 aromatic heterocycles. The van der Waals surface area contributed by atoms with Crippen molar-refractivity contribution in [3.8, 4) is 0 Å². The molecule has 130 valence electrons. The number of halogens is 2. The van der Waals surface area contributed by atoms with Crippen LogP contribution in [0.15, 0.2) is 35.2 Å². The smallest absolute Gasteiger partial charge is 0.253 e. The quantitative estimate of drug-likeness (QED) is 0.762. The second kappa shape index (κ2) is 7.41. The summed E-state index contributed by atoms with van der Waals surface area (Å²) in [6.07, 6.45) is 0. The Balaban J connectivity index is 2.30. The van der Waals surface area contributed by atoms with E-state index >= 15 is 0 Å². The van der Waals surface area contributed by atoms with Crippen molar-refractivity contribution in [3.63, 3.8) is 0 Å². The van der Waals surface area contributed by atoms with Gasteiger partial charge in [-0.15, -0.1) is 11.3 Å². The Labute approximate surface area is 155 Å². The van der Waals surface area contributed by atoms with Crippen LogP contribution in [0.2, 0.25) is 9.36 Å². The molecule has 0 atom stereocenters. The molecule has 1 aromatic carbocycles. The molecule has 2 aromatic rings. The van der Waals surface area contributed by atoms with Crippen LogP contribution in [0, 0.1) is 0 Å². The van der Waals surface area contributed by atoms with Gasteiger partial charge in [0.25, 0.3) is 5.91 Å². The summed E-state index contributed by atoms with van der Waals surface area (Å²) in [6, 6.07) is 7.85. The highest BCUT2D eigenvalue weighted by Crippen LogP contribution is 2.26. The molecular weight excluding hydrogens is 391 g/mol. The molecule has 5 nitrogen and oxygen atoms in total. The van der Waals surface area contributed by atoms with Crippen LogP contribution in [0.1, 0.15) is 15.2 Å². The van der Waals surface area contributed by atoms with E-state index in [1.54, 1.807) is 13.1 Å². The average Bonchev–Trinajstić information content (AvgIpc) is 2.91. The van der Waals surface area contributed by atoms with Crippen LogP contribution in [0.3, 0.4) is 0 Å². The molecule has 0 aliphatic heterocycles. The SMILES string of the molecule is CN(Cc1ccc(Cl)s1)C(=O)c1ccc(Cl)c(S(=O)(=O)N(C)C)c1. The zero-order chi connectivity index (χ0) is 18.1. The Bertz CT molecular complexity index is 863. The lowest BCUT2D eigenvalue weighted by Crippen LogP contribution is -2.27. The third-order valence-electron chi connectivity index (χ3n) is 3.31. The first kappa shape index (κ1) is 19.2. The van der Waals surface area contributed by atoms with E-state index in [0.29, 0.717) is 10.9 Å². The molecule has 0 fully saturated rings. The van der Waals surface area contributed by atoms with Gasteiger partial charge in [-0.2, -0.15) is 0 Å². The molecule has 1 heterocycles. The van der Waals surface area contributed by atoms with Gasteiger partial charge in [0.15, 0.2) is 0 Å². The molecule has 0 unspecified atom stereocenters. The standard InChI is InChI=1S/C15H16Cl2N2O3S2/c1-18(2)24(21,22)13-8-10(4-6-12(13)16)15(20)19(3)9-11-5-7-14(17)23-11/h4-8H,9H2,1-3H3. The topological polar surface area (TPSA) is 57.7 Å². The van der Waals surface area contributed by atoms with Crippen molar-refractivity contribution in [1.82, 2.24) is 9.21 Å². The van der Waals surface area contributed by atoms with Crippen molar-refractivity contribution < 1.29 is 13.2 Å². The van der Waals surface area contributed by atoms with Crippen molar-refractivity contribution >= 4 is 50.5 Å². The van der Waals surface area contributed by atoms with Crippen LogP contribution in [-0.4, -0.2) is 44.7 Å². The molecule has 0 saturated heterocycles. The number of carbonyl (C=O) groups excluding carboxylic acids is 1. The Morgan fingerprint density at radius 3 is 2.33 bits per heavy atom. The minimum Gasteiger partial charge on any atom is -0.337 e. The van der Waals surface area contributed by atoms with Gasteiger partial charge in [-0.25, -0.2) is 12.7 Å². The van der Waals surface area contributed by atoms with Gasteiger partial charge in [0, 0.05) is 31.6 Å². The molecular formula is C15H16Cl2N2O3S2. The fourth-order valence-corrected chi connectivity index (χ4v) is 4.53. The third kappa shape index (κ3) is 4.10. The zero-order valence-corrected chi connectivity index (χ0v) is 16.4. The number of benzene rings is 1. The Hall–Kier alpha value is -1.12. The fourth-order valence-electron chi connectivity index (χ4n) is 1.99. The van der Waals surface area contributed by atoms with Crippen molar-refractivity contribution in [2.24, 2.45) is 0 Å². The van der Waals surface area contributed by atoms with Gasteiger partial charge in [-0.05, 0) is 30.3 Å². The molecule has 24 heavy (non-hydrogen) atoms. The van der Waals surface area contributed by atoms with Crippen LogP contribution >= 0.6 is 34.5 Å². The molecule has 0 N–H and O–H groups in total. The number of nitrogens with zero attached hydrogens (tertiary/aromatic N) is 2. The monoisotopic (exact) mass is 406 g/mol. The molecule has 1 amide bonds. The molecule has 0 aliphatic rings. The first-order valence-electron chi connectivity index (χ1n) is 6.84. The highest BCUT2D eigenvalue weighted by atomic mass is 35.5. The summed E-state index contributed by atoms with van der Waals surface area (Å²) in [6.45, 7) is 0.384. The minimum absolute atomic E-state index is 0.0768. The molecule has 0 radical (unpaired) electrons. The first-order valence-corrected chi connectivity index (χ1v) is 9.86. The number of amides is 1. The number of carbonyl (C=O) groups is 1. The predicted molar refractivity (Wildman–Crippen MR) is 97.5 cm³/mol. The van der Waals surface area contributed by atoms with Crippen LogP contribution in [0.4, 0.5) is 0 Å².